The van der Waals surface area contributed by atoms with Crippen molar-refractivity contribution in [3.05, 3.63) is 42.5 Å². The minimum Gasteiger partial charge on any atom is -0.357 e. The molecule has 0 radical (unpaired) electrons. The van der Waals surface area contributed by atoms with Crippen LogP contribution in [0.25, 0.3) is 27.7 Å². The first-order valence-electron chi connectivity index (χ1n) is 10.1. The second-order valence-corrected chi connectivity index (χ2v) is 7.76. The van der Waals surface area contributed by atoms with Crippen molar-refractivity contribution in [2.45, 2.75) is 18.9 Å². The van der Waals surface area contributed by atoms with Crippen molar-refractivity contribution >= 4 is 28.4 Å². The minimum atomic E-state index is -0.0716. The third-order valence-corrected chi connectivity index (χ3v) is 5.79. The summed E-state index contributed by atoms with van der Waals surface area (Å²) in [6.07, 6.45) is 9.17. The number of nitrogens with zero attached hydrogens (tertiary/aromatic N) is 5. The molecule has 9 nitrogen and oxygen atoms in total. The lowest BCUT2D eigenvalue weighted by Gasteiger charge is -2.29. The van der Waals surface area contributed by atoms with E-state index >= 15 is 0 Å². The van der Waals surface area contributed by atoms with Crippen LogP contribution in [0, 0.1) is 0 Å². The molecular formula is C21H24N8O. The second kappa shape index (κ2) is 7.42. The summed E-state index contributed by atoms with van der Waals surface area (Å²) in [5, 5.41) is 11.4. The molecule has 154 valence electrons. The van der Waals surface area contributed by atoms with Crippen molar-refractivity contribution in [2.24, 2.45) is 0 Å². The third-order valence-electron chi connectivity index (χ3n) is 5.79. The van der Waals surface area contributed by atoms with E-state index in [1.807, 2.05) is 24.5 Å². The summed E-state index contributed by atoms with van der Waals surface area (Å²) in [6.45, 7) is 2.00. The molecule has 1 aliphatic rings. The van der Waals surface area contributed by atoms with Crippen LogP contribution in [0.4, 0.5) is 5.95 Å². The standard InChI is InChI=1S/C21H24N8O/c1-22-21-24-11-16-15(10-23-19(16)27-21)13-3-8-29-18(9-13)17(12-25-29)20(30)26-14-4-6-28(2)7-5-14/h3,8-12,14H,4-7H2,1-2H3,(H,26,30)(H2,22,23,24,27). The van der Waals surface area contributed by atoms with E-state index in [1.54, 1.807) is 24.0 Å². The highest BCUT2D eigenvalue weighted by Crippen LogP contribution is 2.29. The minimum absolute atomic E-state index is 0.0716. The van der Waals surface area contributed by atoms with Gasteiger partial charge in [0.25, 0.3) is 5.91 Å². The smallest absolute Gasteiger partial charge is 0.255 e. The molecule has 0 atom stereocenters. The third kappa shape index (κ3) is 3.26. The van der Waals surface area contributed by atoms with Gasteiger partial charge in [0.15, 0.2) is 0 Å². The van der Waals surface area contributed by atoms with E-state index < -0.39 is 0 Å². The van der Waals surface area contributed by atoms with Crippen molar-refractivity contribution in [3.8, 4) is 11.1 Å². The van der Waals surface area contributed by atoms with Gasteiger partial charge in [-0.3, -0.25) is 4.79 Å². The van der Waals surface area contributed by atoms with Crippen LogP contribution in [0.2, 0.25) is 0 Å². The van der Waals surface area contributed by atoms with Gasteiger partial charge in [-0.25, -0.2) is 9.50 Å². The molecule has 0 unspecified atom stereocenters. The summed E-state index contributed by atoms with van der Waals surface area (Å²) in [4.78, 5) is 27.2. The van der Waals surface area contributed by atoms with Crippen molar-refractivity contribution < 1.29 is 4.79 Å². The summed E-state index contributed by atoms with van der Waals surface area (Å²) in [5.41, 5.74) is 4.09. The van der Waals surface area contributed by atoms with Gasteiger partial charge in [0.1, 0.15) is 5.65 Å². The largest absolute Gasteiger partial charge is 0.357 e. The number of rotatable bonds is 4. The summed E-state index contributed by atoms with van der Waals surface area (Å²) < 4.78 is 1.73. The number of likely N-dealkylation sites (tertiary alicyclic amines) is 1. The Kier molecular flexibility index (Phi) is 4.59. The van der Waals surface area contributed by atoms with Crippen molar-refractivity contribution in [2.75, 3.05) is 32.5 Å². The predicted octanol–water partition coefficient (Wildman–Crippen LogP) is 2.14. The Bertz CT molecular complexity index is 1220. The fraction of sp³-hybridized carbons (Fsp3) is 0.333. The number of piperidine rings is 1. The maximum atomic E-state index is 12.9. The fourth-order valence-electron chi connectivity index (χ4n) is 4.01. The van der Waals surface area contributed by atoms with Crippen LogP contribution in [0.15, 0.2) is 36.9 Å². The van der Waals surface area contributed by atoms with Crippen LogP contribution in [0.1, 0.15) is 23.2 Å². The average Bonchev–Trinajstić information content (AvgIpc) is 3.38. The molecule has 30 heavy (non-hydrogen) atoms. The number of carbonyl (C=O) groups excluding carboxylic acids is 1. The van der Waals surface area contributed by atoms with Gasteiger partial charge >= 0.3 is 0 Å². The van der Waals surface area contributed by atoms with Gasteiger partial charge in [0.05, 0.1) is 17.3 Å². The Morgan fingerprint density at radius 2 is 2.10 bits per heavy atom. The molecule has 0 aromatic carbocycles. The summed E-state index contributed by atoms with van der Waals surface area (Å²) in [7, 11) is 3.90. The molecule has 5 rings (SSSR count). The van der Waals surface area contributed by atoms with Crippen molar-refractivity contribution in [1.29, 1.82) is 0 Å². The van der Waals surface area contributed by atoms with Gasteiger partial charge < -0.3 is 20.5 Å². The van der Waals surface area contributed by atoms with Crippen LogP contribution in [0.3, 0.4) is 0 Å². The summed E-state index contributed by atoms with van der Waals surface area (Å²) in [6, 6.07) is 4.18. The van der Waals surface area contributed by atoms with E-state index in [1.165, 1.54) is 0 Å². The SMILES string of the molecule is CNc1ncc2c(-c3ccn4ncc(C(=O)NC5CCN(C)CC5)c4c3)c[nH]c2n1. The number of hydrogen-bond acceptors (Lipinski definition) is 6. The second-order valence-electron chi connectivity index (χ2n) is 7.76. The molecule has 1 fully saturated rings. The zero-order chi connectivity index (χ0) is 20.7. The lowest BCUT2D eigenvalue weighted by Crippen LogP contribution is -2.43. The van der Waals surface area contributed by atoms with Gasteiger partial charge in [-0.05, 0) is 50.7 Å². The number of nitrogens with one attached hydrogen (secondary N) is 3. The normalized spacial score (nSPS) is 15.7. The molecule has 4 aromatic rings. The van der Waals surface area contributed by atoms with E-state index in [0.717, 1.165) is 53.6 Å². The molecule has 1 aliphatic heterocycles. The Hall–Kier alpha value is -3.46. The number of aromatic nitrogens is 5. The van der Waals surface area contributed by atoms with Crippen molar-refractivity contribution in [3.63, 3.8) is 0 Å². The van der Waals surface area contributed by atoms with Gasteiger partial charge in [0, 0.05) is 42.6 Å². The number of aromatic amines is 1. The van der Waals surface area contributed by atoms with Crippen molar-refractivity contribution in [1.82, 2.24) is 34.8 Å². The highest BCUT2D eigenvalue weighted by atomic mass is 16.1. The Labute approximate surface area is 173 Å². The van der Waals surface area contributed by atoms with Crippen LogP contribution < -0.4 is 10.6 Å². The van der Waals surface area contributed by atoms with Crippen LogP contribution >= 0.6 is 0 Å². The number of pyridine rings is 1. The number of fused-ring (bicyclic) bond motifs is 2. The number of amides is 1. The van der Waals surface area contributed by atoms with Gasteiger partial charge in [-0.1, -0.05) is 0 Å². The Morgan fingerprint density at radius 1 is 1.27 bits per heavy atom. The highest BCUT2D eigenvalue weighted by molar-refractivity contribution is 6.02. The Morgan fingerprint density at radius 3 is 2.90 bits per heavy atom. The molecule has 5 heterocycles. The topological polar surface area (TPSA) is 103 Å². The first kappa shape index (κ1) is 18.6. The monoisotopic (exact) mass is 404 g/mol. The molecule has 3 N–H and O–H groups in total. The maximum absolute atomic E-state index is 12.9. The maximum Gasteiger partial charge on any atom is 0.255 e. The molecule has 1 saturated heterocycles. The van der Waals surface area contributed by atoms with E-state index in [9.17, 15) is 4.79 Å². The van der Waals surface area contributed by atoms with E-state index in [0.29, 0.717) is 11.5 Å². The Balaban J connectivity index is 1.47. The number of anilines is 1. The van der Waals surface area contributed by atoms with Gasteiger partial charge in [-0.2, -0.15) is 10.1 Å². The lowest BCUT2D eigenvalue weighted by molar-refractivity contribution is 0.0918. The molecule has 0 bridgehead atoms. The van der Waals surface area contributed by atoms with E-state index in [-0.39, 0.29) is 11.9 Å². The highest BCUT2D eigenvalue weighted by Gasteiger charge is 2.21. The van der Waals surface area contributed by atoms with Gasteiger partial charge in [-0.15, -0.1) is 0 Å². The summed E-state index contributed by atoms with van der Waals surface area (Å²) in [5.74, 6) is 0.493. The zero-order valence-corrected chi connectivity index (χ0v) is 17.0. The molecule has 0 aliphatic carbocycles. The molecule has 1 amide bonds. The zero-order valence-electron chi connectivity index (χ0n) is 17.0. The first-order valence-corrected chi connectivity index (χ1v) is 10.1. The fourth-order valence-corrected chi connectivity index (χ4v) is 4.01. The molecule has 9 heteroatoms. The van der Waals surface area contributed by atoms with Gasteiger partial charge in [0.2, 0.25) is 5.95 Å². The average molecular weight is 404 g/mol. The van der Waals surface area contributed by atoms with Crippen LogP contribution in [0.5, 0.6) is 0 Å². The molecule has 4 aromatic heterocycles. The van der Waals surface area contributed by atoms with E-state index in [4.69, 9.17) is 0 Å². The van der Waals surface area contributed by atoms with Crippen LogP contribution in [-0.4, -0.2) is 68.6 Å². The molecular weight excluding hydrogens is 380 g/mol. The quantitative estimate of drug-likeness (QED) is 0.482. The summed E-state index contributed by atoms with van der Waals surface area (Å²) >= 11 is 0. The number of carbonyl (C=O) groups is 1. The number of H-pyrrole nitrogens is 1. The van der Waals surface area contributed by atoms with Crippen LogP contribution in [-0.2, 0) is 0 Å². The predicted molar refractivity (Wildman–Crippen MR) is 116 cm³/mol. The number of hydrogen-bond donors (Lipinski definition) is 3. The molecule has 0 saturated carbocycles. The lowest BCUT2D eigenvalue weighted by atomic mass is 10.0. The van der Waals surface area contributed by atoms with E-state index in [2.05, 4.69) is 42.6 Å². The molecule has 0 spiro atoms. The first-order chi connectivity index (χ1) is 14.6.